The molecule has 0 aliphatic rings. The Hall–Kier alpha value is -2.15. The van der Waals surface area contributed by atoms with Crippen LogP contribution in [0.5, 0.6) is 0 Å². The average molecular weight is 237 g/mol. The lowest BCUT2D eigenvalue weighted by Gasteiger charge is -2.18. The number of carbonyl (C=O) groups excluding carboxylic acids is 2. The molecular weight excluding hydrogens is 222 g/mol. The van der Waals surface area contributed by atoms with Crippen molar-refractivity contribution in [1.82, 2.24) is 9.88 Å². The lowest BCUT2D eigenvalue weighted by Crippen LogP contribution is -2.39. The predicted molar refractivity (Wildman–Crippen MR) is 62.3 cm³/mol. The summed E-state index contributed by atoms with van der Waals surface area (Å²) in [5, 5.41) is 0. The molecule has 0 fully saturated rings. The van der Waals surface area contributed by atoms with Crippen LogP contribution in [-0.2, 0) is 16.1 Å². The monoisotopic (exact) mass is 237 g/mol. The number of nitrogen functional groups attached to an aromatic ring is 1. The Labute approximate surface area is 98.6 Å². The molecule has 7 heteroatoms. The zero-order valence-corrected chi connectivity index (χ0v) is 9.30. The number of aromatic nitrogens is 1. The number of rotatable bonds is 6. The van der Waals surface area contributed by atoms with Gasteiger partial charge in [0, 0.05) is 6.54 Å². The fourth-order valence-corrected chi connectivity index (χ4v) is 1.42. The molecule has 0 saturated heterocycles. The molecule has 0 spiro atoms. The number of amides is 2. The second-order valence-electron chi connectivity index (χ2n) is 3.63. The summed E-state index contributed by atoms with van der Waals surface area (Å²) in [5.41, 5.74) is 16.3. The van der Waals surface area contributed by atoms with Gasteiger partial charge >= 0.3 is 0 Å². The van der Waals surface area contributed by atoms with Crippen LogP contribution in [0.2, 0.25) is 0 Å². The Morgan fingerprint density at radius 1 is 1.18 bits per heavy atom. The van der Waals surface area contributed by atoms with Gasteiger partial charge in [0.25, 0.3) is 0 Å². The zero-order chi connectivity index (χ0) is 12.8. The molecule has 92 valence electrons. The first-order valence-electron chi connectivity index (χ1n) is 4.97. The summed E-state index contributed by atoms with van der Waals surface area (Å²) < 4.78 is 0. The van der Waals surface area contributed by atoms with Crippen molar-refractivity contribution in [3.63, 3.8) is 0 Å². The number of pyridine rings is 1. The molecule has 1 heterocycles. The summed E-state index contributed by atoms with van der Waals surface area (Å²) >= 11 is 0. The molecule has 6 N–H and O–H groups in total. The highest BCUT2D eigenvalue weighted by molar-refractivity contribution is 5.79. The molecule has 1 rings (SSSR count). The molecule has 2 amide bonds. The second-order valence-corrected chi connectivity index (χ2v) is 3.63. The first-order chi connectivity index (χ1) is 7.97. The van der Waals surface area contributed by atoms with Crippen molar-refractivity contribution in [3.05, 3.63) is 23.9 Å². The molecule has 7 nitrogen and oxygen atoms in total. The SMILES string of the molecule is NC(=O)CN(CC(N)=O)Cc1cccc(N)n1. The van der Waals surface area contributed by atoms with Crippen LogP contribution < -0.4 is 17.2 Å². The third-order valence-electron chi connectivity index (χ3n) is 1.97. The van der Waals surface area contributed by atoms with E-state index in [-0.39, 0.29) is 19.6 Å². The van der Waals surface area contributed by atoms with Crippen molar-refractivity contribution >= 4 is 17.6 Å². The van der Waals surface area contributed by atoms with E-state index in [4.69, 9.17) is 17.2 Å². The number of hydrogen-bond donors (Lipinski definition) is 3. The minimum Gasteiger partial charge on any atom is -0.384 e. The molecule has 1 aromatic heterocycles. The van der Waals surface area contributed by atoms with E-state index in [1.54, 1.807) is 18.2 Å². The standard InChI is InChI=1S/C10H15N5O2/c11-8-3-1-2-7(14-8)4-15(5-9(12)16)6-10(13)17/h1-3H,4-6H2,(H2,11,14)(H2,12,16)(H2,13,17). The van der Waals surface area contributed by atoms with Crippen molar-refractivity contribution in [2.75, 3.05) is 18.8 Å². The Balaban J connectivity index is 2.71. The third kappa shape index (κ3) is 4.94. The summed E-state index contributed by atoms with van der Waals surface area (Å²) in [4.78, 5) is 27.2. The van der Waals surface area contributed by atoms with Crippen LogP contribution >= 0.6 is 0 Å². The second kappa shape index (κ2) is 5.80. The van der Waals surface area contributed by atoms with Crippen LogP contribution in [-0.4, -0.2) is 34.8 Å². The summed E-state index contributed by atoms with van der Waals surface area (Å²) in [6, 6.07) is 5.13. The van der Waals surface area contributed by atoms with E-state index in [1.807, 2.05) is 0 Å². The van der Waals surface area contributed by atoms with E-state index in [2.05, 4.69) is 4.98 Å². The molecule has 0 aliphatic heterocycles. The van der Waals surface area contributed by atoms with Crippen molar-refractivity contribution < 1.29 is 9.59 Å². The fourth-order valence-electron chi connectivity index (χ4n) is 1.42. The number of nitrogens with two attached hydrogens (primary N) is 3. The van der Waals surface area contributed by atoms with E-state index in [0.717, 1.165) is 0 Å². The lowest BCUT2D eigenvalue weighted by atomic mass is 10.3. The van der Waals surface area contributed by atoms with E-state index in [9.17, 15) is 9.59 Å². The molecule has 0 aliphatic carbocycles. The molecule has 0 bridgehead atoms. The van der Waals surface area contributed by atoms with Gasteiger partial charge in [-0.2, -0.15) is 0 Å². The summed E-state index contributed by atoms with van der Waals surface area (Å²) in [5.74, 6) is -0.689. The van der Waals surface area contributed by atoms with E-state index >= 15 is 0 Å². The van der Waals surface area contributed by atoms with Gasteiger partial charge in [-0.25, -0.2) is 4.98 Å². The molecule has 0 aromatic carbocycles. The highest BCUT2D eigenvalue weighted by Gasteiger charge is 2.12. The van der Waals surface area contributed by atoms with Crippen molar-refractivity contribution in [2.45, 2.75) is 6.54 Å². The van der Waals surface area contributed by atoms with E-state index < -0.39 is 11.8 Å². The highest BCUT2D eigenvalue weighted by Crippen LogP contribution is 2.04. The third-order valence-corrected chi connectivity index (χ3v) is 1.97. The molecule has 0 unspecified atom stereocenters. The first-order valence-corrected chi connectivity index (χ1v) is 4.97. The van der Waals surface area contributed by atoms with Crippen LogP contribution in [0.25, 0.3) is 0 Å². The van der Waals surface area contributed by atoms with Gasteiger partial charge < -0.3 is 17.2 Å². The zero-order valence-electron chi connectivity index (χ0n) is 9.30. The average Bonchev–Trinajstić information content (AvgIpc) is 2.14. The molecular formula is C10H15N5O2. The maximum atomic E-state index is 10.8. The van der Waals surface area contributed by atoms with Crippen LogP contribution in [0.15, 0.2) is 18.2 Å². The number of carbonyl (C=O) groups is 2. The Morgan fingerprint density at radius 3 is 2.24 bits per heavy atom. The normalized spacial score (nSPS) is 10.4. The minimum absolute atomic E-state index is 0.0561. The van der Waals surface area contributed by atoms with E-state index in [0.29, 0.717) is 11.5 Å². The topological polar surface area (TPSA) is 128 Å². The molecule has 17 heavy (non-hydrogen) atoms. The van der Waals surface area contributed by atoms with Crippen LogP contribution in [0.4, 0.5) is 5.82 Å². The van der Waals surface area contributed by atoms with Crippen LogP contribution in [0.3, 0.4) is 0 Å². The molecule has 0 radical (unpaired) electrons. The largest absolute Gasteiger partial charge is 0.384 e. The van der Waals surface area contributed by atoms with Gasteiger partial charge in [0.05, 0.1) is 18.8 Å². The number of hydrogen-bond acceptors (Lipinski definition) is 5. The maximum Gasteiger partial charge on any atom is 0.231 e. The van der Waals surface area contributed by atoms with Gasteiger partial charge in [-0.3, -0.25) is 14.5 Å². The Bertz CT molecular complexity index is 405. The first kappa shape index (κ1) is 12.9. The highest BCUT2D eigenvalue weighted by atomic mass is 16.2. The minimum atomic E-state index is -0.532. The van der Waals surface area contributed by atoms with E-state index in [1.165, 1.54) is 4.90 Å². The fraction of sp³-hybridized carbons (Fsp3) is 0.300. The molecule has 0 saturated carbocycles. The number of primary amides is 2. The van der Waals surface area contributed by atoms with Crippen molar-refractivity contribution in [2.24, 2.45) is 11.5 Å². The smallest absolute Gasteiger partial charge is 0.231 e. The van der Waals surface area contributed by atoms with Crippen LogP contribution in [0.1, 0.15) is 5.69 Å². The van der Waals surface area contributed by atoms with Gasteiger partial charge in [0.1, 0.15) is 5.82 Å². The van der Waals surface area contributed by atoms with Crippen molar-refractivity contribution in [1.29, 1.82) is 0 Å². The summed E-state index contributed by atoms with van der Waals surface area (Å²) in [6.45, 7) is 0.176. The van der Waals surface area contributed by atoms with Crippen LogP contribution in [0, 0.1) is 0 Å². The maximum absolute atomic E-state index is 10.8. The van der Waals surface area contributed by atoms with Gasteiger partial charge in [-0.1, -0.05) is 6.07 Å². The summed E-state index contributed by atoms with van der Waals surface area (Å²) in [7, 11) is 0. The summed E-state index contributed by atoms with van der Waals surface area (Å²) in [6.07, 6.45) is 0. The van der Waals surface area contributed by atoms with Gasteiger partial charge in [0.2, 0.25) is 11.8 Å². The quantitative estimate of drug-likeness (QED) is 0.551. The van der Waals surface area contributed by atoms with Gasteiger partial charge in [-0.05, 0) is 12.1 Å². The lowest BCUT2D eigenvalue weighted by molar-refractivity contribution is -0.122. The number of nitrogens with zero attached hydrogens (tertiary/aromatic N) is 2. The van der Waals surface area contributed by atoms with Gasteiger partial charge in [-0.15, -0.1) is 0 Å². The molecule has 1 aromatic rings. The van der Waals surface area contributed by atoms with Gasteiger partial charge in [0.15, 0.2) is 0 Å². The Kier molecular flexibility index (Phi) is 4.41. The predicted octanol–water partition coefficient (Wildman–Crippen LogP) is -1.56. The number of anilines is 1. The molecule has 0 atom stereocenters. The Morgan fingerprint density at radius 2 is 1.76 bits per heavy atom. The van der Waals surface area contributed by atoms with Crippen molar-refractivity contribution in [3.8, 4) is 0 Å².